The number of carbonyl (C=O) groups excluding carboxylic acids is 1. The monoisotopic (exact) mass is 298 g/mol. The molecule has 0 spiro atoms. The van der Waals surface area contributed by atoms with Gasteiger partial charge in [0.05, 0.1) is 12.6 Å². The van der Waals surface area contributed by atoms with Crippen LogP contribution in [-0.4, -0.2) is 17.5 Å². The minimum absolute atomic E-state index is 0.00689. The standard InChI is InChI=1S/C18H22N2O2/c1-4-11-22-18-12-17(9-10-19-18)16-7-5-15(6-8-16)13(2)20-14(3)21/h5-10,12-13H,4,11H2,1-3H3,(H,20,21)/t13-/m0/s1. The van der Waals surface area contributed by atoms with Gasteiger partial charge in [-0.15, -0.1) is 0 Å². The van der Waals surface area contributed by atoms with Crippen molar-refractivity contribution in [3.05, 3.63) is 48.2 Å². The molecule has 2 rings (SSSR count). The fourth-order valence-corrected chi connectivity index (χ4v) is 2.23. The molecule has 1 heterocycles. The second kappa shape index (κ2) is 7.59. The Balaban J connectivity index is 2.14. The molecule has 0 radical (unpaired) electrons. The molecular formula is C18H22N2O2. The average molecular weight is 298 g/mol. The second-order valence-corrected chi connectivity index (χ2v) is 5.28. The molecule has 22 heavy (non-hydrogen) atoms. The minimum atomic E-state index is -0.0246. The molecule has 0 saturated heterocycles. The van der Waals surface area contributed by atoms with Crippen LogP contribution in [0.1, 0.15) is 38.8 Å². The molecule has 0 aliphatic carbocycles. The van der Waals surface area contributed by atoms with Crippen LogP contribution in [0.2, 0.25) is 0 Å². The van der Waals surface area contributed by atoms with Gasteiger partial charge in [0.1, 0.15) is 0 Å². The number of hydrogen-bond acceptors (Lipinski definition) is 3. The molecule has 0 bridgehead atoms. The number of aromatic nitrogens is 1. The number of rotatable bonds is 6. The minimum Gasteiger partial charge on any atom is -0.478 e. The molecule has 1 aromatic carbocycles. The summed E-state index contributed by atoms with van der Waals surface area (Å²) >= 11 is 0. The first-order valence-electron chi connectivity index (χ1n) is 7.56. The van der Waals surface area contributed by atoms with Crippen molar-refractivity contribution in [3.63, 3.8) is 0 Å². The Morgan fingerprint density at radius 3 is 2.59 bits per heavy atom. The van der Waals surface area contributed by atoms with Gasteiger partial charge in [0.25, 0.3) is 0 Å². The van der Waals surface area contributed by atoms with E-state index in [-0.39, 0.29) is 11.9 Å². The van der Waals surface area contributed by atoms with Crippen LogP contribution in [0.5, 0.6) is 5.88 Å². The summed E-state index contributed by atoms with van der Waals surface area (Å²) in [5, 5.41) is 2.88. The molecule has 116 valence electrons. The molecule has 0 fully saturated rings. The van der Waals surface area contributed by atoms with E-state index in [2.05, 4.69) is 17.2 Å². The number of benzene rings is 1. The Morgan fingerprint density at radius 2 is 1.95 bits per heavy atom. The van der Waals surface area contributed by atoms with Crippen LogP contribution in [0.3, 0.4) is 0 Å². The van der Waals surface area contributed by atoms with E-state index in [9.17, 15) is 4.79 Å². The highest BCUT2D eigenvalue weighted by Crippen LogP contribution is 2.24. The zero-order valence-electron chi connectivity index (χ0n) is 13.3. The van der Waals surface area contributed by atoms with Crippen molar-refractivity contribution in [1.82, 2.24) is 10.3 Å². The predicted octanol–water partition coefficient (Wildman–Crippen LogP) is 3.73. The Morgan fingerprint density at radius 1 is 1.23 bits per heavy atom. The molecule has 4 heteroatoms. The summed E-state index contributed by atoms with van der Waals surface area (Å²) in [6.07, 6.45) is 2.72. The highest BCUT2D eigenvalue weighted by molar-refractivity contribution is 5.73. The second-order valence-electron chi connectivity index (χ2n) is 5.28. The van der Waals surface area contributed by atoms with Crippen LogP contribution >= 0.6 is 0 Å². The van der Waals surface area contributed by atoms with Crippen LogP contribution in [0.15, 0.2) is 42.6 Å². The maximum atomic E-state index is 11.1. The van der Waals surface area contributed by atoms with E-state index >= 15 is 0 Å². The summed E-state index contributed by atoms with van der Waals surface area (Å²) in [5.41, 5.74) is 3.25. The Hall–Kier alpha value is -2.36. The van der Waals surface area contributed by atoms with Crippen LogP contribution in [-0.2, 0) is 4.79 Å². The van der Waals surface area contributed by atoms with Crippen molar-refractivity contribution in [2.75, 3.05) is 6.61 Å². The van der Waals surface area contributed by atoms with Crippen LogP contribution < -0.4 is 10.1 Å². The van der Waals surface area contributed by atoms with E-state index in [0.29, 0.717) is 12.5 Å². The summed E-state index contributed by atoms with van der Waals surface area (Å²) in [5.74, 6) is 0.624. The summed E-state index contributed by atoms with van der Waals surface area (Å²) in [4.78, 5) is 15.3. The molecule has 1 N–H and O–H groups in total. The van der Waals surface area contributed by atoms with Crippen molar-refractivity contribution in [2.45, 2.75) is 33.2 Å². The van der Waals surface area contributed by atoms with Crippen molar-refractivity contribution in [1.29, 1.82) is 0 Å². The zero-order valence-corrected chi connectivity index (χ0v) is 13.3. The fraction of sp³-hybridized carbons (Fsp3) is 0.333. The fourth-order valence-electron chi connectivity index (χ4n) is 2.23. The van der Waals surface area contributed by atoms with Gasteiger partial charge >= 0.3 is 0 Å². The molecule has 0 aliphatic heterocycles. The van der Waals surface area contributed by atoms with Gasteiger partial charge in [0, 0.05) is 19.2 Å². The quantitative estimate of drug-likeness (QED) is 0.884. The number of ether oxygens (including phenoxy) is 1. The average Bonchev–Trinajstić information content (AvgIpc) is 2.53. The number of carbonyl (C=O) groups is 1. The molecule has 1 aromatic heterocycles. The molecule has 0 saturated carbocycles. The molecule has 4 nitrogen and oxygen atoms in total. The first-order chi connectivity index (χ1) is 10.6. The molecule has 1 amide bonds. The van der Waals surface area contributed by atoms with Gasteiger partial charge < -0.3 is 10.1 Å². The summed E-state index contributed by atoms with van der Waals surface area (Å²) in [6, 6.07) is 12.1. The first kappa shape index (κ1) is 16.0. The zero-order chi connectivity index (χ0) is 15.9. The number of hydrogen-bond donors (Lipinski definition) is 1. The Kier molecular flexibility index (Phi) is 5.53. The number of amides is 1. The summed E-state index contributed by atoms with van der Waals surface area (Å²) in [6.45, 7) is 6.24. The van der Waals surface area contributed by atoms with Crippen LogP contribution in [0, 0.1) is 0 Å². The largest absolute Gasteiger partial charge is 0.478 e. The molecule has 1 atom stereocenters. The lowest BCUT2D eigenvalue weighted by Gasteiger charge is -2.13. The van der Waals surface area contributed by atoms with Crippen molar-refractivity contribution >= 4 is 5.91 Å². The summed E-state index contributed by atoms with van der Waals surface area (Å²) in [7, 11) is 0. The van der Waals surface area contributed by atoms with E-state index in [0.717, 1.165) is 23.1 Å². The van der Waals surface area contributed by atoms with Crippen molar-refractivity contribution in [3.8, 4) is 17.0 Å². The normalized spacial score (nSPS) is 11.8. The van der Waals surface area contributed by atoms with Gasteiger partial charge in [-0.3, -0.25) is 4.79 Å². The van der Waals surface area contributed by atoms with Crippen LogP contribution in [0.25, 0.3) is 11.1 Å². The lowest BCUT2D eigenvalue weighted by atomic mass is 10.0. The van der Waals surface area contributed by atoms with E-state index < -0.39 is 0 Å². The van der Waals surface area contributed by atoms with Crippen molar-refractivity contribution < 1.29 is 9.53 Å². The Labute approximate surface area is 131 Å². The molecule has 2 aromatic rings. The third-order valence-electron chi connectivity index (χ3n) is 3.35. The van der Waals surface area contributed by atoms with Gasteiger partial charge in [0.2, 0.25) is 11.8 Å². The predicted molar refractivity (Wildman–Crippen MR) is 87.7 cm³/mol. The van der Waals surface area contributed by atoms with Gasteiger partial charge in [-0.25, -0.2) is 4.98 Å². The Bertz CT molecular complexity index is 623. The van der Waals surface area contributed by atoms with Crippen LogP contribution in [0.4, 0.5) is 0 Å². The third-order valence-corrected chi connectivity index (χ3v) is 3.35. The summed E-state index contributed by atoms with van der Waals surface area (Å²) < 4.78 is 5.56. The topological polar surface area (TPSA) is 51.2 Å². The van der Waals surface area contributed by atoms with E-state index in [1.807, 2.05) is 43.3 Å². The van der Waals surface area contributed by atoms with Gasteiger partial charge in [-0.1, -0.05) is 31.2 Å². The first-order valence-corrected chi connectivity index (χ1v) is 7.56. The SMILES string of the molecule is CCCOc1cc(-c2ccc([C@H](C)NC(C)=O)cc2)ccn1. The van der Waals surface area contributed by atoms with Gasteiger partial charge in [0.15, 0.2) is 0 Å². The lowest BCUT2D eigenvalue weighted by molar-refractivity contribution is -0.119. The van der Waals surface area contributed by atoms with E-state index in [1.165, 1.54) is 6.92 Å². The third kappa shape index (κ3) is 4.32. The molecule has 0 aliphatic rings. The molecule has 0 unspecified atom stereocenters. The molecular weight excluding hydrogens is 276 g/mol. The number of pyridine rings is 1. The highest BCUT2D eigenvalue weighted by Gasteiger charge is 2.07. The van der Waals surface area contributed by atoms with Crippen molar-refractivity contribution in [2.24, 2.45) is 0 Å². The highest BCUT2D eigenvalue weighted by atomic mass is 16.5. The smallest absolute Gasteiger partial charge is 0.217 e. The number of nitrogens with zero attached hydrogens (tertiary/aromatic N) is 1. The van der Waals surface area contributed by atoms with E-state index in [4.69, 9.17) is 4.74 Å². The van der Waals surface area contributed by atoms with Gasteiger partial charge in [-0.2, -0.15) is 0 Å². The maximum absolute atomic E-state index is 11.1. The maximum Gasteiger partial charge on any atom is 0.217 e. The van der Waals surface area contributed by atoms with E-state index in [1.54, 1.807) is 6.20 Å². The van der Waals surface area contributed by atoms with Gasteiger partial charge in [-0.05, 0) is 36.1 Å². The lowest BCUT2D eigenvalue weighted by Crippen LogP contribution is -2.23. The number of nitrogens with one attached hydrogen (secondary N) is 1.